The van der Waals surface area contributed by atoms with Crippen molar-refractivity contribution >= 4 is 17.9 Å². The van der Waals surface area contributed by atoms with Crippen molar-refractivity contribution in [3.8, 4) is 6.07 Å². The molecule has 0 aromatic carbocycles. The summed E-state index contributed by atoms with van der Waals surface area (Å²) in [5, 5.41) is 10.9. The molecule has 1 heterocycles. The molecule has 0 aliphatic rings. The molecule has 22 heavy (non-hydrogen) atoms. The van der Waals surface area contributed by atoms with Crippen LogP contribution in [0.4, 0.5) is 19.0 Å². The van der Waals surface area contributed by atoms with Gasteiger partial charge in [-0.1, -0.05) is 6.08 Å². The van der Waals surface area contributed by atoms with Gasteiger partial charge in [0.1, 0.15) is 12.4 Å². The molecule has 0 saturated carbocycles. The van der Waals surface area contributed by atoms with Crippen LogP contribution in [-0.2, 0) is 0 Å². The highest BCUT2D eigenvalue weighted by Crippen LogP contribution is 2.14. The number of unbranched alkanes of at least 4 members (excludes halogenated alkanes) is 2. The van der Waals surface area contributed by atoms with Crippen LogP contribution in [0.2, 0.25) is 0 Å². The van der Waals surface area contributed by atoms with Gasteiger partial charge in [0.05, 0.1) is 6.07 Å². The lowest BCUT2D eigenvalue weighted by Gasteiger charge is -2.06. The zero-order chi connectivity index (χ0) is 16.4. The highest BCUT2D eigenvalue weighted by Gasteiger charge is 2.26. The van der Waals surface area contributed by atoms with Gasteiger partial charge >= 0.3 is 6.18 Å². The number of nitrogens with two attached hydrogens (primary N) is 1. The summed E-state index contributed by atoms with van der Waals surface area (Å²) in [6.07, 6.45) is 2.44. The van der Waals surface area contributed by atoms with Crippen molar-refractivity contribution in [2.45, 2.75) is 25.4 Å². The Morgan fingerprint density at radius 2 is 2.27 bits per heavy atom. The quantitative estimate of drug-likeness (QED) is 0.477. The molecule has 0 amide bonds. The minimum atomic E-state index is -4.41. The Balaban J connectivity index is 2.59. The number of aromatic nitrogens is 2. The fraction of sp³-hybridized carbons (Fsp3) is 0.385. The number of hydrogen-bond acceptors (Lipinski definition) is 4. The topological polar surface area (TPSA) is 100.0 Å². The van der Waals surface area contributed by atoms with Gasteiger partial charge in [0.2, 0.25) is 0 Å². The first-order chi connectivity index (χ1) is 10.4. The summed E-state index contributed by atoms with van der Waals surface area (Å²) in [5.74, 6) is 0.251. The van der Waals surface area contributed by atoms with Crippen LogP contribution >= 0.6 is 0 Å². The predicted octanol–water partition coefficient (Wildman–Crippen LogP) is 2.47. The number of aliphatic imine (C=N–C) groups is 1. The van der Waals surface area contributed by atoms with Gasteiger partial charge < -0.3 is 11.1 Å². The number of anilines is 1. The molecule has 0 atom stereocenters. The smallest absolute Gasteiger partial charge is 0.370 e. The largest absolute Gasteiger partial charge is 0.408 e. The van der Waals surface area contributed by atoms with Gasteiger partial charge in [0, 0.05) is 12.6 Å². The van der Waals surface area contributed by atoms with E-state index in [1.165, 1.54) is 12.3 Å². The first-order valence-corrected chi connectivity index (χ1v) is 6.41. The number of hydrogen-bond donors (Lipinski definition) is 2. The van der Waals surface area contributed by atoms with E-state index in [-0.39, 0.29) is 11.8 Å². The van der Waals surface area contributed by atoms with Crippen molar-refractivity contribution in [1.82, 2.24) is 9.97 Å². The third kappa shape index (κ3) is 7.84. The van der Waals surface area contributed by atoms with Gasteiger partial charge in [-0.2, -0.15) is 18.4 Å². The maximum absolute atomic E-state index is 12.0. The molecule has 0 spiro atoms. The SMILES string of the molecule is N#CCCC/C=C/c1nccc(NC(N)=NCC(F)(F)F)n1. The van der Waals surface area contributed by atoms with Crippen molar-refractivity contribution in [3.63, 3.8) is 0 Å². The summed E-state index contributed by atoms with van der Waals surface area (Å²) >= 11 is 0. The highest BCUT2D eigenvalue weighted by atomic mass is 19.4. The van der Waals surface area contributed by atoms with Crippen molar-refractivity contribution in [3.05, 3.63) is 24.2 Å². The summed E-state index contributed by atoms with van der Waals surface area (Å²) in [6.45, 7) is -1.36. The van der Waals surface area contributed by atoms with Gasteiger partial charge in [-0.25, -0.2) is 15.0 Å². The summed E-state index contributed by atoms with van der Waals surface area (Å²) in [5.41, 5.74) is 5.35. The molecule has 0 aliphatic heterocycles. The van der Waals surface area contributed by atoms with E-state index in [0.717, 1.165) is 6.42 Å². The first-order valence-electron chi connectivity index (χ1n) is 6.41. The molecule has 0 saturated heterocycles. The Labute approximate surface area is 125 Å². The van der Waals surface area contributed by atoms with Crippen LogP contribution in [-0.4, -0.2) is 28.6 Å². The molecule has 0 aliphatic carbocycles. The second kappa shape index (κ2) is 8.61. The number of alkyl halides is 3. The Morgan fingerprint density at radius 3 is 2.95 bits per heavy atom. The lowest BCUT2D eigenvalue weighted by atomic mass is 10.2. The third-order valence-electron chi connectivity index (χ3n) is 2.29. The molecule has 0 unspecified atom stereocenters. The van der Waals surface area contributed by atoms with Crippen LogP contribution < -0.4 is 11.1 Å². The van der Waals surface area contributed by atoms with Crippen LogP contribution in [0.15, 0.2) is 23.3 Å². The second-order valence-corrected chi connectivity index (χ2v) is 4.19. The molecule has 118 valence electrons. The lowest BCUT2D eigenvalue weighted by Crippen LogP contribution is -2.26. The summed E-state index contributed by atoms with van der Waals surface area (Å²) in [4.78, 5) is 11.2. The van der Waals surface area contributed by atoms with Gasteiger partial charge in [-0.05, 0) is 25.0 Å². The van der Waals surface area contributed by atoms with E-state index in [0.29, 0.717) is 18.7 Å². The van der Waals surface area contributed by atoms with E-state index < -0.39 is 12.7 Å². The van der Waals surface area contributed by atoms with Gasteiger partial charge in [0.15, 0.2) is 11.8 Å². The molecule has 1 rings (SSSR count). The molecular weight excluding hydrogens is 297 g/mol. The number of nitriles is 1. The second-order valence-electron chi connectivity index (χ2n) is 4.19. The molecule has 6 nitrogen and oxygen atoms in total. The Hall–Kier alpha value is -2.63. The fourth-order valence-electron chi connectivity index (χ4n) is 1.36. The van der Waals surface area contributed by atoms with Crippen LogP contribution in [0.3, 0.4) is 0 Å². The number of guanidine groups is 1. The number of nitrogens with one attached hydrogen (secondary N) is 1. The number of halogens is 3. The van der Waals surface area contributed by atoms with E-state index in [9.17, 15) is 13.2 Å². The van der Waals surface area contributed by atoms with E-state index in [1.807, 2.05) is 12.1 Å². The molecule has 0 radical (unpaired) electrons. The molecule has 3 N–H and O–H groups in total. The van der Waals surface area contributed by atoms with Crippen LogP contribution in [0.1, 0.15) is 25.1 Å². The van der Waals surface area contributed by atoms with Crippen LogP contribution in [0, 0.1) is 11.3 Å². The monoisotopic (exact) mass is 312 g/mol. The minimum absolute atomic E-state index is 0.245. The number of allylic oxidation sites excluding steroid dienone is 1. The van der Waals surface area contributed by atoms with E-state index >= 15 is 0 Å². The van der Waals surface area contributed by atoms with Crippen molar-refractivity contribution < 1.29 is 13.2 Å². The van der Waals surface area contributed by atoms with Gasteiger partial charge in [0.25, 0.3) is 0 Å². The summed E-state index contributed by atoms with van der Waals surface area (Å²) in [6, 6.07) is 3.50. The normalized spacial score (nSPS) is 12.4. The van der Waals surface area contributed by atoms with Crippen molar-refractivity contribution in [2.24, 2.45) is 10.7 Å². The van der Waals surface area contributed by atoms with Crippen molar-refractivity contribution in [1.29, 1.82) is 5.26 Å². The fourth-order valence-corrected chi connectivity index (χ4v) is 1.36. The third-order valence-corrected chi connectivity index (χ3v) is 2.29. The predicted molar refractivity (Wildman–Crippen MR) is 76.7 cm³/mol. The van der Waals surface area contributed by atoms with E-state index in [2.05, 4.69) is 20.3 Å². The average Bonchev–Trinajstić information content (AvgIpc) is 2.45. The average molecular weight is 312 g/mol. The van der Waals surface area contributed by atoms with Gasteiger partial charge in [-0.15, -0.1) is 0 Å². The number of nitrogens with zero attached hydrogens (tertiary/aromatic N) is 4. The molecule has 1 aromatic rings. The van der Waals surface area contributed by atoms with E-state index in [4.69, 9.17) is 11.0 Å². The highest BCUT2D eigenvalue weighted by molar-refractivity contribution is 5.91. The maximum atomic E-state index is 12.0. The molecule has 1 aromatic heterocycles. The molecule has 0 fully saturated rings. The van der Waals surface area contributed by atoms with E-state index in [1.54, 1.807) is 6.08 Å². The number of rotatable bonds is 6. The zero-order valence-electron chi connectivity index (χ0n) is 11.6. The Bertz CT molecular complexity index is 574. The molecule has 0 bridgehead atoms. The Morgan fingerprint density at radius 1 is 1.50 bits per heavy atom. The Kier molecular flexibility index (Phi) is 6.82. The lowest BCUT2D eigenvalue weighted by molar-refractivity contribution is -0.118. The standard InChI is InChI=1S/C13H15F3N6/c14-13(15,16)9-20-12(18)22-11-6-8-19-10(21-11)5-3-1-2-4-7-17/h3,5-6,8H,1-2,4,9H2,(H3,18,19,20,21,22)/b5-3+. The molecule has 9 heteroatoms. The van der Waals surface area contributed by atoms with Crippen LogP contribution in [0.5, 0.6) is 0 Å². The maximum Gasteiger partial charge on any atom is 0.408 e. The van der Waals surface area contributed by atoms with Crippen LogP contribution in [0.25, 0.3) is 6.08 Å². The summed E-state index contributed by atoms with van der Waals surface area (Å²) in [7, 11) is 0. The minimum Gasteiger partial charge on any atom is -0.370 e. The van der Waals surface area contributed by atoms with Gasteiger partial charge in [-0.3, -0.25) is 0 Å². The first kappa shape index (κ1) is 17.4. The van der Waals surface area contributed by atoms with Crippen molar-refractivity contribution in [2.75, 3.05) is 11.9 Å². The zero-order valence-corrected chi connectivity index (χ0v) is 11.6. The molecular formula is C13H15F3N6. The summed E-state index contributed by atoms with van der Waals surface area (Å²) < 4.78 is 36.0.